The van der Waals surface area contributed by atoms with E-state index < -0.39 is 0 Å². The molecule has 21 heavy (non-hydrogen) atoms. The van der Waals surface area contributed by atoms with E-state index >= 15 is 0 Å². The number of fused-ring (bicyclic) bond motifs is 1. The van der Waals surface area contributed by atoms with Gasteiger partial charge < -0.3 is 15.1 Å². The Morgan fingerprint density at radius 1 is 1.05 bits per heavy atom. The van der Waals surface area contributed by atoms with Gasteiger partial charge in [0.05, 0.1) is 6.04 Å². The zero-order chi connectivity index (χ0) is 14.7. The number of nitrogens with two attached hydrogens (primary N) is 1. The zero-order valence-corrected chi connectivity index (χ0v) is 12.2. The van der Waals surface area contributed by atoms with Crippen LogP contribution in [0, 0.1) is 0 Å². The summed E-state index contributed by atoms with van der Waals surface area (Å²) in [7, 11) is 2.08. The van der Waals surface area contributed by atoms with E-state index in [9.17, 15) is 0 Å². The summed E-state index contributed by atoms with van der Waals surface area (Å²) >= 11 is 0. The van der Waals surface area contributed by atoms with Crippen LogP contribution < -0.4 is 5.73 Å². The molecule has 0 aliphatic carbocycles. The maximum atomic E-state index is 6.28. The summed E-state index contributed by atoms with van der Waals surface area (Å²) in [5, 5.41) is 1.11. The second-order valence-electron chi connectivity index (χ2n) is 5.48. The first kappa shape index (κ1) is 13.9. The molecular weight excluding hydrogens is 260 g/mol. The van der Waals surface area contributed by atoms with Crippen molar-refractivity contribution in [1.29, 1.82) is 0 Å². The number of furan rings is 1. The molecule has 0 aliphatic rings. The number of nitrogens with zero attached hydrogens (tertiary/aromatic N) is 1. The molecule has 0 fully saturated rings. The topological polar surface area (TPSA) is 42.4 Å². The van der Waals surface area contributed by atoms with E-state index in [-0.39, 0.29) is 6.04 Å². The van der Waals surface area contributed by atoms with Gasteiger partial charge in [0.25, 0.3) is 0 Å². The highest BCUT2D eigenvalue weighted by molar-refractivity contribution is 5.77. The second kappa shape index (κ2) is 6.12. The lowest BCUT2D eigenvalue weighted by molar-refractivity contribution is 0.291. The van der Waals surface area contributed by atoms with Gasteiger partial charge in [-0.1, -0.05) is 48.5 Å². The third kappa shape index (κ3) is 3.32. The van der Waals surface area contributed by atoms with E-state index in [0.29, 0.717) is 0 Å². The van der Waals surface area contributed by atoms with Crippen molar-refractivity contribution in [2.75, 3.05) is 13.6 Å². The molecule has 0 spiro atoms. The first-order chi connectivity index (χ1) is 10.2. The minimum absolute atomic E-state index is 0.119. The number of benzene rings is 2. The summed E-state index contributed by atoms with van der Waals surface area (Å²) < 4.78 is 5.83. The predicted molar refractivity (Wildman–Crippen MR) is 85.9 cm³/mol. The third-order valence-corrected chi connectivity index (χ3v) is 3.61. The predicted octanol–water partition coefficient (Wildman–Crippen LogP) is 3.56. The highest BCUT2D eigenvalue weighted by Gasteiger charge is 2.14. The lowest BCUT2D eigenvalue weighted by Crippen LogP contribution is -2.28. The van der Waals surface area contributed by atoms with Crippen LogP contribution in [0.5, 0.6) is 0 Å². The number of para-hydroxylation sites is 1. The molecule has 0 radical (unpaired) electrons. The zero-order valence-electron chi connectivity index (χ0n) is 12.2. The number of hydrogen-bond donors (Lipinski definition) is 1. The van der Waals surface area contributed by atoms with Crippen LogP contribution in [0.25, 0.3) is 11.0 Å². The molecule has 3 aromatic rings. The molecule has 1 aromatic heterocycles. The van der Waals surface area contributed by atoms with Crippen LogP contribution in [0.3, 0.4) is 0 Å². The van der Waals surface area contributed by atoms with E-state index in [1.807, 2.05) is 36.4 Å². The highest BCUT2D eigenvalue weighted by Crippen LogP contribution is 2.23. The average Bonchev–Trinajstić information content (AvgIpc) is 2.92. The molecule has 3 nitrogen and oxygen atoms in total. The van der Waals surface area contributed by atoms with Crippen molar-refractivity contribution in [3.63, 3.8) is 0 Å². The SMILES string of the molecule is CN(Cc1ccccc1)CC(N)c1cc2ccccc2o1. The van der Waals surface area contributed by atoms with E-state index in [0.717, 1.165) is 29.8 Å². The van der Waals surface area contributed by atoms with E-state index in [4.69, 9.17) is 10.2 Å². The third-order valence-electron chi connectivity index (χ3n) is 3.61. The molecule has 3 heteroatoms. The fourth-order valence-electron chi connectivity index (χ4n) is 2.57. The van der Waals surface area contributed by atoms with Crippen LogP contribution in [-0.4, -0.2) is 18.5 Å². The molecule has 0 saturated carbocycles. The Hall–Kier alpha value is -2.10. The van der Waals surface area contributed by atoms with Gasteiger partial charge in [0, 0.05) is 18.5 Å². The van der Waals surface area contributed by atoms with Gasteiger partial charge in [0.15, 0.2) is 0 Å². The van der Waals surface area contributed by atoms with Crippen LogP contribution in [0.1, 0.15) is 17.4 Å². The molecule has 2 aromatic carbocycles. The van der Waals surface area contributed by atoms with Crippen molar-refractivity contribution >= 4 is 11.0 Å². The van der Waals surface area contributed by atoms with Gasteiger partial charge >= 0.3 is 0 Å². The van der Waals surface area contributed by atoms with Gasteiger partial charge in [-0.05, 0) is 24.7 Å². The summed E-state index contributed by atoms with van der Waals surface area (Å²) in [5.74, 6) is 0.844. The van der Waals surface area contributed by atoms with Gasteiger partial charge in [-0.15, -0.1) is 0 Å². The van der Waals surface area contributed by atoms with Crippen molar-refractivity contribution in [3.05, 3.63) is 72.0 Å². The summed E-state index contributed by atoms with van der Waals surface area (Å²) in [5.41, 5.74) is 8.46. The fourth-order valence-corrected chi connectivity index (χ4v) is 2.57. The molecule has 3 rings (SSSR count). The van der Waals surface area contributed by atoms with Gasteiger partial charge in [0.2, 0.25) is 0 Å². The molecule has 0 bridgehead atoms. The van der Waals surface area contributed by atoms with E-state index in [1.54, 1.807) is 0 Å². The number of likely N-dealkylation sites (N-methyl/N-ethyl adjacent to an activating group) is 1. The first-order valence-corrected chi connectivity index (χ1v) is 7.19. The van der Waals surface area contributed by atoms with Gasteiger partial charge in [-0.3, -0.25) is 0 Å². The lowest BCUT2D eigenvalue weighted by atomic mass is 10.1. The number of hydrogen-bond acceptors (Lipinski definition) is 3. The van der Waals surface area contributed by atoms with Crippen LogP contribution >= 0.6 is 0 Å². The molecule has 0 amide bonds. The molecule has 0 aliphatic heterocycles. The molecular formula is C18H20N2O. The Labute approximate surface area is 125 Å². The van der Waals surface area contributed by atoms with Gasteiger partial charge in [0.1, 0.15) is 11.3 Å². The maximum Gasteiger partial charge on any atom is 0.134 e. The van der Waals surface area contributed by atoms with Crippen LogP contribution in [0.2, 0.25) is 0 Å². The fraction of sp³-hybridized carbons (Fsp3) is 0.222. The molecule has 108 valence electrons. The number of rotatable bonds is 5. The minimum Gasteiger partial charge on any atom is -0.459 e. The Morgan fingerprint density at radius 2 is 1.76 bits per heavy atom. The molecule has 2 N–H and O–H groups in total. The highest BCUT2D eigenvalue weighted by atomic mass is 16.3. The van der Waals surface area contributed by atoms with Crippen molar-refractivity contribution in [1.82, 2.24) is 4.90 Å². The standard InChI is InChI=1S/C18H20N2O/c1-20(12-14-7-3-2-4-8-14)13-16(19)18-11-15-9-5-6-10-17(15)21-18/h2-11,16H,12-13,19H2,1H3. The van der Waals surface area contributed by atoms with Crippen molar-refractivity contribution in [3.8, 4) is 0 Å². The average molecular weight is 280 g/mol. The normalized spacial score (nSPS) is 12.9. The summed E-state index contributed by atoms with van der Waals surface area (Å²) in [6, 6.07) is 20.3. The van der Waals surface area contributed by atoms with Crippen LogP contribution in [0.4, 0.5) is 0 Å². The van der Waals surface area contributed by atoms with E-state index in [1.165, 1.54) is 5.56 Å². The first-order valence-electron chi connectivity index (χ1n) is 7.19. The van der Waals surface area contributed by atoms with Crippen molar-refractivity contribution in [2.45, 2.75) is 12.6 Å². The second-order valence-corrected chi connectivity index (χ2v) is 5.48. The molecule has 0 saturated heterocycles. The lowest BCUT2D eigenvalue weighted by Gasteiger charge is -2.20. The monoisotopic (exact) mass is 280 g/mol. The summed E-state index contributed by atoms with van der Waals surface area (Å²) in [6.45, 7) is 1.64. The quantitative estimate of drug-likeness (QED) is 0.777. The Kier molecular flexibility index (Phi) is 4.04. The Morgan fingerprint density at radius 3 is 2.52 bits per heavy atom. The molecule has 1 heterocycles. The van der Waals surface area contributed by atoms with Gasteiger partial charge in [-0.2, -0.15) is 0 Å². The molecule has 1 atom stereocenters. The molecule has 1 unspecified atom stereocenters. The van der Waals surface area contributed by atoms with Crippen LogP contribution in [0.15, 0.2) is 65.1 Å². The Bertz CT molecular complexity index is 672. The van der Waals surface area contributed by atoms with Gasteiger partial charge in [-0.25, -0.2) is 0 Å². The minimum atomic E-state index is -0.119. The largest absolute Gasteiger partial charge is 0.459 e. The Balaban J connectivity index is 1.66. The van der Waals surface area contributed by atoms with Crippen LogP contribution in [-0.2, 0) is 6.54 Å². The summed E-state index contributed by atoms with van der Waals surface area (Å²) in [4.78, 5) is 2.22. The van der Waals surface area contributed by atoms with Crippen molar-refractivity contribution in [2.24, 2.45) is 5.73 Å². The smallest absolute Gasteiger partial charge is 0.134 e. The maximum absolute atomic E-state index is 6.28. The van der Waals surface area contributed by atoms with E-state index in [2.05, 4.69) is 36.2 Å². The van der Waals surface area contributed by atoms with Crippen molar-refractivity contribution < 1.29 is 4.42 Å². The summed E-state index contributed by atoms with van der Waals surface area (Å²) in [6.07, 6.45) is 0.